The maximum absolute atomic E-state index is 2.49. The predicted molar refractivity (Wildman–Crippen MR) is 138 cm³/mol. The Morgan fingerprint density at radius 2 is 1.40 bits per heavy atom. The second-order valence-corrected chi connectivity index (χ2v) is 10.4. The van der Waals surface area contributed by atoms with Crippen LogP contribution in [0.2, 0.25) is 5.54 Å². The number of fused-ring (bicyclic) bond motifs is 1. The van der Waals surface area contributed by atoms with Crippen LogP contribution in [0.4, 0.5) is 0 Å². The van der Waals surface area contributed by atoms with Crippen LogP contribution in [-0.2, 0) is 0 Å². The molecule has 3 aliphatic rings. The number of rotatable bonds is 3. The Morgan fingerprint density at radius 1 is 0.700 bits per heavy atom. The molecule has 30 heavy (non-hydrogen) atoms. The summed E-state index contributed by atoms with van der Waals surface area (Å²) in [7, 11) is -0.396. The van der Waals surface area contributed by atoms with E-state index in [0.717, 1.165) is 0 Å². The predicted octanol–water partition coefficient (Wildman–Crippen LogP) is 4.97. The van der Waals surface area contributed by atoms with Gasteiger partial charge in [0.15, 0.2) is 0 Å². The van der Waals surface area contributed by atoms with Gasteiger partial charge in [0.1, 0.15) is 0 Å². The summed E-state index contributed by atoms with van der Waals surface area (Å²) in [6.07, 6.45) is 14.1. The van der Waals surface area contributed by atoms with E-state index < -0.39 is 9.52 Å². The van der Waals surface area contributed by atoms with E-state index in [4.69, 9.17) is 0 Å². The standard InChI is InChI=1S/C27H26Si.2Li.2H/c1-18-16-21-12-6-7-14-23(21)26(18)28-27-19(2)17-25-22(13-8-9-15-24(25)27)20-10-4-3-5-11-20;;;;/h3-17,22,26-27H,28H2,1-2H3;;;;. The van der Waals surface area contributed by atoms with Crippen LogP contribution in [0.5, 0.6) is 0 Å². The van der Waals surface area contributed by atoms with Crippen LogP contribution in [0.15, 0.2) is 107 Å². The molecule has 0 nitrogen and oxygen atoms in total. The molecule has 3 unspecified atom stereocenters. The van der Waals surface area contributed by atoms with E-state index >= 15 is 0 Å². The zero-order valence-electron chi connectivity index (χ0n) is 16.6. The van der Waals surface area contributed by atoms with E-state index in [2.05, 4.69) is 105 Å². The fourth-order valence-electron chi connectivity index (χ4n) is 5.16. The summed E-state index contributed by atoms with van der Waals surface area (Å²) >= 11 is 0. The fourth-order valence-corrected chi connectivity index (χ4v) is 7.86. The molecule has 0 saturated carbocycles. The molecule has 0 saturated heterocycles. The molecule has 0 aromatic heterocycles. The van der Waals surface area contributed by atoms with E-state index in [-0.39, 0.29) is 37.7 Å². The molecule has 2 aromatic rings. The number of hydrogen-bond acceptors (Lipinski definition) is 0. The van der Waals surface area contributed by atoms with Crippen molar-refractivity contribution < 1.29 is 0 Å². The first-order valence-corrected chi connectivity index (χ1v) is 11.9. The van der Waals surface area contributed by atoms with Crippen molar-refractivity contribution in [3.05, 3.63) is 124 Å². The van der Waals surface area contributed by atoms with Crippen molar-refractivity contribution in [1.82, 2.24) is 0 Å². The minimum absolute atomic E-state index is 0. The normalized spacial score (nSPS) is 24.0. The average Bonchev–Trinajstić information content (AvgIpc) is 3.10. The third kappa shape index (κ3) is 4.16. The minimum atomic E-state index is -0.396. The summed E-state index contributed by atoms with van der Waals surface area (Å²) in [5.41, 5.74) is 11.9. The monoisotopic (exact) mass is 394 g/mol. The molecule has 3 atom stereocenters. The van der Waals surface area contributed by atoms with Crippen LogP contribution >= 0.6 is 0 Å². The molecule has 0 radical (unpaired) electrons. The Balaban J connectivity index is 0.00000128. The first-order chi connectivity index (χ1) is 13.7. The molecular formula is C27H28Li2Si. The van der Waals surface area contributed by atoms with Gasteiger partial charge in [0.2, 0.25) is 0 Å². The van der Waals surface area contributed by atoms with Gasteiger partial charge in [-0.1, -0.05) is 102 Å². The molecule has 3 heteroatoms. The van der Waals surface area contributed by atoms with E-state index in [9.17, 15) is 0 Å². The van der Waals surface area contributed by atoms with Gasteiger partial charge in [0, 0.05) is 15.4 Å². The van der Waals surface area contributed by atoms with Crippen LogP contribution < -0.4 is 0 Å². The van der Waals surface area contributed by atoms with Crippen molar-refractivity contribution >= 4 is 53.3 Å². The van der Waals surface area contributed by atoms with Crippen LogP contribution in [-0.4, -0.2) is 47.2 Å². The van der Waals surface area contributed by atoms with Gasteiger partial charge in [-0.3, -0.25) is 0 Å². The summed E-state index contributed by atoms with van der Waals surface area (Å²) in [4.78, 5) is 0. The van der Waals surface area contributed by atoms with Gasteiger partial charge in [-0.05, 0) is 52.8 Å². The molecule has 0 fully saturated rings. The zero-order chi connectivity index (χ0) is 19.1. The van der Waals surface area contributed by atoms with Crippen molar-refractivity contribution in [2.45, 2.75) is 30.8 Å². The summed E-state index contributed by atoms with van der Waals surface area (Å²) in [5, 5.41) is 0. The molecular weight excluding hydrogens is 366 g/mol. The fraction of sp³-hybridized carbons (Fsp3) is 0.185. The Labute approximate surface area is 207 Å². The van der Waals surface area contributed by atoms with Gasteiger partial charge in [-0.25, -0.2) is 0 Å². The first-order valence-electron chi connectivity index (χ1n) is 10.3. The molecule has 2 aromatic carbocycles. The molecule has 5 rings (SSSR count). The molecule has 0 aliphatic heterocycles. The van der Waals surface area contributed by atoms with E-state index in [1.165, 1.54) is 16.7 Å². The van der Waals surface area contributed by atoms with Gasteiger partial charge in [-0.15, -0.1) is 0 Å². The molecule has 3 aliphatic carbocycles. The Hall–Kier alpha value is -1.45. The molecule has 0 N–H and O–H groups in total. The number of hydrogen-bond donors (Lipinski definition) is 0. The van der Waals surface area contributed by atoms with E-state index in [1.807, 2.05) is 0 Å². The summed E-state index contributed by atoms with van der Waals surface area (Å²) in [5.74, 6) is 0.368. The molecule has 0 heterocycles. The SMILES string of the molecule is CC1=CC2=C(C=CC=CC2c2ccccc2)C1[SiH2]C1C(C)=Cc2ccccc21.[LiH].[LiH]. The second-order valence-electron chi connectivity index (χ2n) is 8.29. The van der Waals surface area contributed by atoms with Crippen LogP contribution in [0.25, 0.3) is 6.08 Å². The van der Waals surface area contributed by atoms with Crippen molar-refractivity contribution in [1.29, 1.82) is 0 Å². The van der Waals surface area contributed by atoms with Gasteiger partial charge < -0.3 is 0 Å². The third-order valence-electron chi connectivity index (χ3n) is 6.60. The van der Waals surface area contributed by atoms with Crippen LogP contribution in [0, 0.1) is 0 Å². The van der Waals surface area contributed by atoms with Gasteiger partial charge in [0.05, 0.1) is 0 Å². The van der Waals surface area contributed by atoms with Crippen LogP contribution in [0.3, 0.4) is 0 Å². The van der Waals surface area contributed by atoms with Crippen molar-refractivity contribution in [3.8, 4) is 0 Å². The first kappa shape index (κ1) is 23.2. The summed E-state index contributed by atoms with van der Waals surface area (Å²) in [6, 6.07) is 19.9. The van der Waals surface area contributed by atoms with Crippen molar-refractivity contribution in [3.63, 3.8) is 0 Å². The van der Waals surface area contributed by atoms with Crippen molar-refractivity contribution in [2.24, 2.45) is 0 Å². The maximum atomic E-state index is 2.49. The Kier molecular flexibility index (Phi) is 7.57. The van der Waals surface area contributed by atoms with Crippen molar-refractivity contribution in [2.75, 3.05) is 0 Å². The Bertz CT molecular complexity index is 1070. The molecule has 0 bridgehead atoms. The summed E-state index contributed by atoms with van der Waals surface area (Å²) in [6.45, 7) is 4.68. The zero-order valence-corrected chi connectivity index (χ0v) is 18.0. The van der Waals surface area contributed by atoms with E-state index in [0.29, 0.717) is 17.0 Å². The van der Waals surface area contributed by atoms with Gasteiger partial charge >= 0.3 is 37.7 Å². The molecule has 0 spiro atoms. The second kappa shape index (κ2) is 9.79. The topological polar surface area (TPSA) is 0 Å². The number of allylic oxidation sites excluding steroid dienone is 9. The van der Waals surface area contributed by atoms with Gasteiger partial charge in [0.25, 0.3) is 0 Å². The van der Waals surface area contributed by atoms with E-state index in [1.54, 1.807) is 22.3 Å². The quantitative estimate of drug-likeness (QED) is 0.645. The molecule has 0 amide bonds. The Morgan fingerprint density at radius 3 is 2.20 bits per heavy atom. The number of benzene rings is 2. The average molecular weight is 394 g/mol. The summed E-state index contributed by atoms with van der Waals surface area (Å²) < 4.78 is 0. The van der Waals surface area contributed by atoms with Crippen LogP contribution in [0.1, 0.15) is 42.0 Å². The van der Waals surface area contributed by atoms with Gasteiger partial charge in [-0.2, -0.15) is 0 Å². The third-order valence-corrected chi connectivity index (χ3v) is 9.71. The molecule has 142 valence electrons.